The molecule has 0 aliphatic carbocycles. The number of carbonyl (C=O) groups excluding carboxylic acids is 2. The Hall–Kier alpha value is -2.97. The molecule has 0 bridgehead atoms. The summed E-state index contributed by atoms with van der Waals surface area (Å²) in [7, 11) is 0. The zero-order valence-electron chi connectivity index (χ0n) is 18.4. The van der Waals surface area contributed by atoms with Crippen molar-refractivity contribution in [3.05, 3.63) is 57.6 Å². The predicted octanol–water partition coefficient (Wildman–Crippen LogP) is 3.75. The van der Waals surface area contributed by atoms with Crippen LogP contribution >= 0.6 is 27.3 Å². The van der Waals surface area contributed by atoms with E-state index in [2.05, 4.69) is 37.1 Å². The number of nitrogens with two attached hydrogens (primary N) is 1. The Morgan fingerprint density at radius 2 is 1.82 bits per heavy atom. The first kappa shape index (κ1) is 24.2. The number of anilines is 1. The number of halogens is 1. The number of rotatable bonds is 7. The average molecular weight is 542 g/mol. The van der Waals surface area contributed by atoms with Crippen LogP contribution in [0, 0.1) is 11.3 Å². The third-order valence-electron chi connectivity index (χ3n) is 5.86. The zero-order chi connectivity index (χ0) is 24.2. The van der Waals surface area contributed by atoms with E-state index < -0.39 is 5.91 Å². The van der Waals surface area contributed by atoms with Crippen molar-refractivity contribution >= 4 is 54.2 Å². The minimum atomic E-state index is -0.651. The molecule has 4 N–H and O–H groups in total. The maximum atomic E-state index is 12.9. The fourth-order valence-electron chi connectivity index (χ4n) is 4.01. The Kier molecular flexibility index (Phi) is 7.48. The van der Waals surface area contributed by atoms with Crippen molar-refractivity contribution in [2.75, 3.05) is 38.0 Å². The number of phenolic OH excluding ortho intramolecular Hbond substituents is 1. The number of carbonyl (C=O) groups is 2. The second-order valence-electron chi connectivity index (χ2n) is 8.15. The Morgan fingerprint density at radius 3 is 2.47 bits per heavy atom. The van der Waals surface area contributed by atoms with Crippen molar-refractivity contribution < 1.29 is 14.7 Å². The van der Waals surface area contributed by atoms with E-state index in [1.54, 1.807) is 18.2 Å². The lowest BCUT2D eigenvalue weighted by Crippen LogP contribution is -2.46. The molecule has 0 spiro atoms. The van der Waals surface area contributed by atoms with Crippen LogP contribution in [0.5, 0.6) is 5.75 Å². The number of hydrogen-bond donors (Lipinski definition) is 3. The topological polar surface area (TPSA) is 123 Å². The van der Waals surface area contributed by atoms with Gasteiger partial charge in [-0.2, -0.15) is 5.26 Å². The summed E-state index contributed by atoms with van der Waals surface area (Å²) >= 11 is 4.44. The summed E-state index contributed by atoms with van der Waals surface area (Å²) in [6.45, 7) is 5.42. The largest absolute Gasteiger partial charge is 0.507 e. The number of nitrogens with one attached hydrogen (secondary N) is 1. The van der Waals surface area contributed by atoms with Gasteiger partial charge in [0.1, 0.15) is 10.8 Å². The molecule has 2 heterocycles. The second-order valence-corrected chi connectivity index (χ2v) is 10.1. The molecule has 0 saturated carbocycles. The molecule has 34 heavy (non-hydrogen) atoms. The standard InChI is InChI=1S/C24H24BrN5O3S/c25-18-12-17-20(13-19(18)31)34-24(21(17)22(27)32)28-23(33)16-4-2-15(3-5-16)14-30-10-8-29(9-11-30)7-1-6-26/h2-5,12-13,31H,1,7-11,14H2,(H2,27,32)(H,28,33). The van der Waals surface area contributed by atoms with Gasteiger partial charge < -0.3 is 16.2 Å². The van der Waals surface area contributed by atoms with Crippen molar-refractivity contribution in [2.24, 2.45) is 5.73 Å². The molecular weight excluding hydrogens is 518 g/mol. The molecule has 10 heteroatoms. The molecule has 2 amide bonds. The average Bonchev–Trinajstić information content (AvgIpc) is 3.16. The van der Waals surface area contributed by atoms with E-state index in [0.717, 1.165) is 44.8 Å². The number of aromatic hydroxyl groups is 1. The van der Waals surface area contributed by atoms with Gasteiger partial charge in [0.15, 0.2) is 0 Å². The van der Waals surface area contributed by atoms with Crippen LogP contribution in [0.1, 0.15) is 32.7 Å². The van der Waals surface area contributed by atoms with Gasteiger partial charge in [-0.15, -0.1) is 11.3 Å². The van der Waals surface area contributed by atoms with Crippen LogP contribution in [0.2, 0.25) is 0 Å². The van der Waals surface area contributed by atoms with Crippen molar-refractivity contribution in [3.8, 4) is 11.8 Å². The molecule has 2 aromatic carbocycles. The Morgan fingerprint density at radius 1 is 1.15 bits per heavy atom. The van der Waals surface area contributed by atoms with Crippen molar-refractivity contribution in [1.82, 2.24) is 9.80 Å². The van der Waals surface area contributed by atoms with Gasteiger partial charge in [-0.3, -0.25) is 19.4 Å². The molecule has 8 nitrogen and oxygen atoms in total. The third-order valence-corrected chi connectivity index (χ3v) is 7.56. The van der Waals surface area contributed by atoms with Crippen LogP contribution in [-0.4, -0.2) is 59.4 Å². The number of phenols is 1. The Balaban J connectivity index is 1.42. The lowest BCUT2D eigenvalue weighted by Gasteiger charge is -2.34. The molecular formula is C24H24BrN5O3S. The van der Waals surface area contributed by atoms with E-state index in [0.29, 0.717) is 31.5 Å². The second kappa shape index (κ2) is 10.5. The van der Waals surface area contributed by atoms with Gasteiger partial charge in [0.25, 0.3) is 11.8 Å². The summed E-state index contributed by atoms with van der Waals surface area (Å²) in [5, 5.41) is 22.4. The summed E-state index contributed by atoms with van der Waals surface area (Å²) in [6.07, 6.45) is 0.561. The van der Waals surface area contributed by atoms with Crippen LogP contribution in [0.25, 0.3) is 10.1 Å². The SMILES string of the molecule is N#CCCN1CCN(Cc2ccc(C(=O)Nc3sc4cc(O)c(Br)cc4c3C(N)=O)cc2)CC1. The highest BCUT2D eigenvalue weighted by Gasteiger charge is 2.21. The number of hydrogen-bond acceptors (Lipinski definition) is 7. The molecule has 1 saturated heterocycles. The van der Waals surface area contributed by atoms with Gasteiger partial charge in [0.05, 0.1) is 16.1 Å². The molecule has 0 atom stereocenters. The first-order valence-corrected chi connectivity index (χ1v) is 12.4. The van der Waals surface area contributed by atoms with Gasteiger partial charge in [-0.25, -0.2) is 0 Å². The van der Waals surface area contributed by atoms with Gasteiger partial charge in [-0.1, -0.05) is 12.1 Å². The smallest absolute Gasteiger partial charge is 0.256 e. The first-order valence-electron chi connectivity index (χ1n) is 10.8. The van der Waals surface area contributed by atoms with Gasteiger partial charge in [0.2, 0.25) is 0 Å². The minimum Gasteiger partial charge on any atom is -0.507 e. The molecule has 1 fully saturated rings. The zero-order valence-corrected chi connectivity index (χ0v) is 20.8. The van der Waals surface area contributed by atoms with Crippen LogP contribution < -0.4 is 11.1 Å². The normalized spacial score (nSPS) is 14.7. The summed E-state index contributed by atoms with van der Waals surface area (Å²) in [5.41, 5.74) is 7.39. The Labute approximate surface area is 209 Å². The molecule has 1 aliphatic rings. The van der Waals surface area contributed by atoms with Crippen molar-refractivity contribution in [1.29, 1.82) is 5.26 Å². The van der Waals surface area contributed by atoms with Crippen LogP contribution in [0.3, 0.4) is 0 Å². The number of thiophene rings is 1. The first-order chi connectivity index (χ1) is 16.4. The van der Waals surface area contributed by atoms with Gasteiger partial charge >= 0.3 is 0 Å². The van der Waals surface area contributed by atoms with E-state index >= 15 is 0 Å². The lowest BCUT2D eigenvalue weighted by atomic mass is 10.1. The predicted molar refractivity (Wildman–Crippen MR) is 136 cm³/mol. The quantitative estimate of drug-likeness (QED) is 0.418. The molecule has 176 valence electrons. The number of benzene rings is 2. The fraction of sp³-hybridized carbons (Fsp3) is 0.292. The fourth-order valence-corrected chi connectivity index (χ4v) is 5.47. The van der Waals surface area contributed by atoms with E-state index in [9.17, 15) is 14.7 Å². The Bertz CT molecular complexity index is 1260. The summed E-state index contributed by atoms with van der Waals surface area (Å²) in [6, 6.07) is 12.8. The highest BCUT2D eigenvalue weighted by Crippen LogP contribution is 2.40. The van der Waals surface area contributed by atoms with E-state index in [1.807, 2.05) is 12.1 Å². The maximum absolute atomic E-state index is 12.9. The molecule has 1 aromatic heterocycles. The highest BCUT2D eigenvalue weighted by molar-refractivity contribution is 9.10. The van der Waals surface area contributed by atoms with Gasteiger partial charge in [0, 0.05) is 61.3 Å². The highest BCUT2D eigenvalue weighted by atomic mass is 79.9. The molecule has 3 aromatic rings. The van der Waals surface area contributed by atoms with E-state index in [1.165, 1.54) is 17.4 Å². The molecule has 1 aliphatic heterocycles. The van der Waals surface area contributed by atoms with Crippen LogP contribution in [0.15, 0.2) is 40.9 Å². The van der Waals surface area contributed by atoms with Crippen LogP contribution in [-0.2, 0) is 6.54 Å². The maximum Gasteiger partial charge on any atom is 0.256 e. The van der Waals surface area contributed by atoms with E-state index in [4.69, 9.17) is 11.0 Å². The third kappa shape index (κ3) is 5.39. The molecule has 0 radical (unpaired) electrons. The lowest BCUT2D eigenvalue weighted by molar-refractivity contribution is 0.100. The monoisotopic (exact) mass is 541 g/mol. The van der Waals surface area contributed by atoms with Crippen LogP contribution in [0.4, 0.5) is 5.00 Å². The summed E-state index contributed by atoms with van der Waals surface area (Å²) in [4.78, 5) is 29.6. The van der Waals surface area contributed by atoms with Crippen molar-refractivity contribution in [3.63, 3.8) is 0 Å². The number of primary amides is 1. The summed E-state index contributed by atoms with van der Waals surface area (Å²) in [5.74, 6) is -0.945. The summed E-state index contributed by atoms with van der Waals surface area (Å²) < 4.78 is 1.09. The van der Waals surface area contributed by atoms with E-state index in [-0.39, 0.29) is 17.2 Å². The number of fused-ring (bicyclic) bond motifs is 1. The van der Waals surface area contributed by atoms with Crippen molar-refractivity contribution in [2.45, 2.75) is 13.0 Å². The minimum absolute atomic E-state index is 0.0433. The number of nitriles is 1. The molecule has 0 unspecified atom stereocenters. The molecule has 4 rings (SSSR count). The number of piperazine rings is 1. The number of amides is 2. The number of nitrogens with zero attached hydrogens (tertiary/aromatic N) is 3. The van der Waals surface area contributed by atoms with Gasteiger partial charge in [-0.05, 0) is 45.8 Å².